The molecule has 18 heavy (non-hydrogen) atoms. The minimum absolute atomic E-state index is 0.138. The highest BCUT2D eigenvalue weighted by Gasteiger charge is 2.11. The van der Waals surface area contributed by atoms with Crippen LogP contribution in [0, 0.1) is 11.3 Å². The molecule has 1 aromatic carbocycles. The van der Waals surface area contributed by atoms with Crippen LogP contribution in [0.2, 0.25) is 0 Å². The van der Waals surface area contributed by atoms with Gasteiger partial charge in [0.05, 0.1) is 5.69 Å². The molecular formula is C11H15N3O3S. The first kappa shape index (κ1) is 14.3. The number of nitrogens with one attached hydrogen (secondary N) is 2. The minimum Gasteiger partial charge on any atom is -0.477 e. The smallest absolute Gasteiger partial charge is 0.299 e. The molecule has 0 atom stereocenters. The lowest BCUT2D eigenvalue weighted by molar-refractivity contribution is 0.370. The third-order valence-corrected chi connectivity index (χ3v) is 3.04. The fourth-order valence-electron chi connectivity index (χ4n) is 1.20. The number of anilines is 1. The van der Waals surface area contributed by atoms with Gasteiger partial charge >= 0.3 is 0 Å². The Morgan fingerprint density at radius 2 is 2.11 bits per heavy atom. The molecular weight excluding hydrogens is 254 g/mol. The Kier molecular flexibility index (Phi) is 5.42. The van der Waals surface area contributed by atoms with E-state index in [1.807, 2.05) is 13.0 Å². The second-order valence-corrected chi connectivity index (χ2v) is 4.94. The summed E-state index contributed by atoms with van der Waals surface area (Å²) < 4.78 is 33.1. The SMILES string of the molecule is CCCNS(=O)(=O)Nc1ccccc1OCC#N. The van der Waals surface area contributed by atoms with Crippen LogP contribution in [-0.4, -0.2) is 21.6 Å². The fraction of sp³-hybridized carbons (Fsp3) is 0.364. The molecule has 7 heteroatoms. The zero-order chi connectivity index (χ0) is 13.4. The van der Waals surface area contributed by atoms with Gasteiger partial charge in [0.25, 0.3) is 10.2 Å². The van der Waals surface area contributed by atoms with E-state index in [2.05, 4.69) is 9.44 Å². The van der Waals surface area contributed by atoms with Crippen molar-refractivity contribution in [3.63, 3.8) is 0 Å². The van der Waals surface area contributed by atoms with Gasteiger partial charge in [-0.3, -0.25) is 4.72 Å². The second kappa shape index (κ2) is 6.83. The van der Waals surface area contributed by atoms with Crippen molar-refractivity contribution >= 4 is 15.9 Å². The molecule has 0 bridgehead atoms. The predicted octanol–water partition coefficient (Wildman–Crippen LogP) is 1.25. The predicted molar refractivity (Wildman–Crippen MR) is 68.4 cm³/mol. The number of para-hydroxylation sites is 2. The van der Waals surface area contributed by atoms with Crippen LogP contribution in [0.5, 0.6) is 5.75 Å². The van der Waals surface area contributed by atoms with E-state index in [0.29, 0.717) is 24.4 Å². The van der Waals surface area contributed by atoms with Gasteiger partial charge in [0.1, 0.15) is 11.8 Å². The number of benzene rings is 1. The van der Waals surface area contributed by atoms with E-state index in [0.717, 1.165) is 0 Å². The molecule has 0 radical (unpaired) electrons. The summed E-state index contributed by atoms with van der Waals surface area (Å²) in [6, 6.07) is 8.36. The summed E-state index contributed by atoms with van der Waals surface area (Å²) in [5.74, 6) is 0.320. The highest BCUT2D eigenvalue weighted by atomic mass is 32.2. The van der Waals surface area contributed by atoms with Gasteiger partial charge < -0.3 is 4.74 Å². The highest BCUT2D eigenvalue weighted by molar-refractivity contribution is 7.90. The maximum Gasteiger partial charge on any atom is 0.299 e. The van der Waals surface area contributed by atoms with E-state index < -0.39 is 10.2 Å². The molecule has 0 aliphatic rings. The molecule has 0 aromatic heterocycles. The van der Waals surface area contributed by atoms with Gasteiger partial charge in [-0.1, -0.05) is 19.1 Å². The van der Waals surface area contributed by atoms with Crippen molar-refractivity contribution in [2.45, 2.75) is 13.3 Å². The molecule has 0 fully saturated rings. The Labute approximate surface area is 107 Å². The normalized spacial score (nSPS) is 10.7. The maximum absolute atomic E-state index is 11.6. The molecule has 1 rings (SSSR count). The van der Waals surface area contributed by atoms with Gasteiger partial charge in [0.15, 0.2) is 6.61 Å². The third-order valence-electron chi connectivity index (χ3n) is 1.97. The Morgan fingerprint density at radius 3 is 2.78 bits per heavy atom. The van der Waals surface area contributed by atoms with E-state index >= 15 is 0 Å². The summed E-state index contributed by atoms with van der Waals surface area (Å²) in [5, 5.41) is 8.44. The molecule has 0 saturated carbocycles. The van der Waals surface area contributed by atoms with E-state index in [1.54, 1.807) is 24.3 Å². The van der Waals surface area contributed by atoms with Crippen molar-refractivity contribution in [2.24, 2.45) is 0 Å². The molecule has 0 aliphatic carbocycles. The van der Waals surface area contributed by atoms with Crippen LogP contribution >= 0.6 is 0 Å². The van der Waals surface area contributed by atoms with Crippen molar-refractivity contribution in [1.82, 2.24) is 4.72 Å². The zero-order valence-electron chi connectivity index (χ0n) is 10.0. The Bertz CT molecular complexity index is 523. The quantitative estimate of drug-likeness (QED) is 0.779. The average molecular weight is 269 g/mol. The topological polar surface area (TPSA) is 91.2 Å². The molecule has 6 nitrogen and oxygen atoms in total. The van der Waals surface area contributed by atoms with Crippen molar-refractivity contribution < 1.29 is 13.2 Å². The van der Waals surface area contributed by atoms with Gasteiger partial charge in [-0.05, 0) is 18.6 Å². The number of nitriles is 1. The second-order valence-electron chi connectivity index (χ2n) is 3.44. The van der Waals surface area contributed by atoms with Gasteiger partial charge in [0.2, 0.25) is 0 Å². The lowest BCUT2D eigenvalue weighted by Crippen LogP contribution is -2.30. The largest absolute Gasteiger partial charge is 0.477 e. The molecule has 1 aromatic rings. The van der Waals surface area contributed by atoms with Crippen LogP contribution in [0.25, 0.3) is 0 Å². The first-order valence-electron chi connectivity index (χ1n) is 5.45. The van der Waals surface area contributed by atoms with Crippen LogP contribution in [0.15, 0.2) is 24.3 Å². The van der Waals surface area contributed by atoms with Crippen LogP contribution in [0.3, 0.4) is 0 Å². The van der Waals surface area contributed by atoms with E-state index in [-0.39, 0.29) is 6.61 Å². The molecule has 0 aliphatic heterocycles. The van der Waals surface area contributed by atoms with Crippen LogP contribution in [-0.2, 0) is 10.2 Å². The highest BCUT2D eigenvalue weighted by Crippen LogP contribution is 2.24. The van der Waals surface area contributed by atoms with Crippen molar-refractivity contribution in [3.05, 3.63) is 24.3 Å². The molecule has 0 spiro atoms. The number of hydrogen-bond donors (Lipinski definition) is 2. The summed E-state index contributed by atoms with van der Waals surface area (Å²) in [4.78, 5) is 0. The molecule has 0 amide bonds. The van der Waals surface area contributed by atoms with Crippen LogP contribution in [0.1, 0.15) is 13.3 Å². The average Bonchev–Trinajstić information content (AvgIpc) is 2.35. The van der Waals surface area contributed by atoms with Crippen LogP contribution < -0.4 is 14.2 Å². The standard InChI is InChI=1S/C11H15N3O3S/c1-2-8-13-18(15,16)14-10-5-3-4-6-11(10)17-9-7-12/h3-6,13-14H,2,8-9H2,1H3. The maximum atomic E-state index is 11.6. The molecule has 0 heterocycles. The van der Waals surface area contributed by atoms with Gasteiger partial charge in [0, 0.05) is 6.54 Å². The van der Waals surface area contributed by atoms with E-state index in [4.69, 9.17) is 10.00 Å². The molecule has 2 N–H and O–H groups in total. The zero-order valence-corrected chi connectivity index (χ0v) is 10.8. The molecule has 98 valence electrons. The monoisotopic (exact) mass is 269 g/mol. The summed E-state index contributed by atoms with van der Waals surface area (Å²) >= 11 is 0. The number of hydrogen-bond acceptors (Lipinski definition) is 4. The van der Waals surface area contributed by atoms with Crippen molar-refractivity contribution in [2.75, 3.05) is 17.9 Å². The number of rotatable bonds is 7. The first-order valence-corrected chi connectivity index (χ1v) is 6.93. The third kappa shape index (κ3) is 4.61. The van der Waals surface area contributed by atoms with Crippen LogP contribution in [0.4, 0.5) is 5.69 Å². The number of nitrogens with zero attached hydrogens (tertiary/aromatic N) is 1. The molecule has 0 saturated heterocycles. The summed E-state index contributed by atoms with van der Waals surface area (Å²) in [6.45, 7) is 2.09. The summed E-state index contributed by atoms with van der Waals surface area (Å²) in [6.07, 6.45) is 0.702. The Balaban J connectivity index is 2.80. The lowest BCUT2D eigenvalue weighted by Gasteiger charge is -2.12. The van der Waals surface area contributed by atoms with Gasteiger partial charge in [-0.15, -0.1) is 0 Å². The summed E-state index contributed by atoms with van der Waals surface area (Å²) in [5.41, 5.74) is 0.302. The first-order chi connectivity index (χ1) is 8.59. The molecule has 0 unspecified atom stereocenters. The van der Waals surface area contributed by atoms with Gasteiger partial charge in [-0.2, -0.15) is 18.4 Å². The van der Waals surface area contributed by atoms with Crippen molar-refractivity contribution in [1.29, 1.82) is 5.26 Å². The van der Waals surface area contributed by atoms with Crippen molar-refractivity contribution in [3.8, 4) is 11.8 Å². The summed E-state index contributed by atoms with van der Waals surface area (Å²) in [7, 11) is -3.61. The number of ether oxygens (including phenoxy) is 1. The van der Waals surface area contributed by atoms with E-state index in [1.165, 1.54) is 0 Å². The Hall–Kier alpha value is -1.78. The fourth-order valence-corrected chi connectivity index (χ4v) is 2.21. The lowest BCUT2D eigenvalue weighted by atomic mass is 10.3. The van der Waals surface area contributed by atoms with Gasteiger partial charge in [-0.25, -0.2) is 0 Å². The minimum atomic E-state index is -3.61. The Morgan fingerprint density at radius 1 is 1.39 bits per heavy atom. The van der Waals surface area contributed by atoms with E-state index in [9.17, 15) is 8.42 Å².